The Bertz CT molecular complexity index is 1220. The molecule has 0 unspecified atom stereocenters. The summed E-state index contributed by atoms with van der Waals surface area (Å²) >= 11 is 0. The molecule has 0 bridgehead atoms. The van der Waals surface area contributed by atoms with Gasteiger partial charge in [-0.3, -0.25) is 14.4 Å². The number of rotatable bonds is 8. The van der Waals surface area contributed by atoms with Crippen molar-refractivity contribution in [3.8, 4) is 11.5 Å². The van der Waals surface area contributed by atoms with Crippen molar-refractivity contribution in [3.05, 3.63) is 47.7 Å². The summed E-state index contributed by atoms with van der Waals surface area (Å²) in [6, 6.07) is 10.8. The van der Waals surface area contributed by atoms with E-state index in [-0.39, 0.29) is 24.3 Å². The van der Waals surface area contributed by atoms with Gasteiger partial charge in [-0.15, -0.1) is 0 Å². The van der Waals surface area contributed by atoms with Crippen LogP contribution >= 0.6 is 0 Å². The molecule has 0 aromatic heterocycles. The van der Waals surface area contributed by atoms with Crippen molar-refractivity contribution in [2.24, 2.45) is 0 Å². The minimum absolute atomic E-state index is 0.0224. The van der Waals surface area contributed by atoms with Crippen LogP contribution in [0, 0.1) is 0 Å². The van der Waals surface area contributed by atoms with Crippen molar-refractivity contribution >= 4 is 40.4 Å². The molecule has 0 aliphatic carbocycles. The van der Waals surface area contributed by atoms with E-state index in [0.29, 0.717) is 34.9 Å². The topological polar surface area (TPSA) is 100 Å². The highest BCUT2D eigenvalue weighted by molar-refractivity contribution is 6.32. The highest BCUT2D eigenvalue weighted by atomic mass is 16.5. The lowest BCUT2D eigenvalue weighted by Gasteiger charge is -2.29. The third-order valence-corrected chi connectivity index (χ3v) is 6.78. The molecule has 3 amide bonds. The Labute approximate surface area is 217 Å². The molecule has 0 spiro atoms. The van der Waals surface area contributed by atoms with Crippen molar-refractivity contribution in [2.75, 3.05) is 49.4 Å². The van der Waals surface area contributed by atoms with Gasteiger partial charge in [-0.1, -0.05) is 6.92 Å². The van der Waals surface area contributed by atoms with Crippen molar-refractivity contribution in [1.29, 1.82) is 0 Å². The lowest BCUT2D eigenvalue weighted by Crippen LogP contribution is -2.44. The average molecular weight is 507 g/mol. The molecule has 37 heavy (non-hydrogen) atoms. The number of amides is 3. The number of nitrogens with one attached hydrogen (secondary N) is 2. The average Bonchev–Trinajstić information content (AvgIpc) is 3.24. The second-order valence-corrected chi connectivity index (χ2v) is 9.13. The number of methoxy groups -OCH3 is 2. The number of nitrogens with zero attached hydrogens (tertiary/aromatic N) is 2. The van der Waals surface area contributed by atoms with Crippen LogP contribution in [0.25, 0.3) is 5.57 Å². The molecule has 2 aromatic carbocycles. The number of fused-ring (bicyclic) bond motifs is 1. The predicted octanol–water partition coefficient (Wildman–Crippen LogP) is 4.25. The Balaban J connectivity index is 1.56. The van der Waals surface area contributed by atoms with Gasteiger partial charge in [-0.2, -0.15) is 0 Å². The summed E-state index contributed by atoms with van der Waals surface area (Å²) in [7, 11) is 3.11. The smallest absolute Gasteiger partial charge is 0.258 e. The number of hydrogen-bond acceptors (Lipinski definition) is 6. The maximum absolute atomic E-state index is 12.9. The second kappa shape index (κ2) is 11.4. The number of allylic oxidation sites excluding steroid dienone is 1. The Morgan fingerprint density at radius 2 is 1.68 bits per heavy atom. The third kappa shape index (κ3) is 5.55. The standard InChI is InChI=1S/C28H34N4O5/c1-5-22(27-21-15-24(36-3)25(37-4)16-23(21)30-28(27)35)29-19-9-11-20(12-10-19)32(18(2)33)17-26(34)31-13-7-6-8-14-31/h9-12,15-16,29H,5-8,13-14,17H2,1-4H3,(H,30,35). The minimum atomic E-state index is -0.203. The number of piperidine rings is 1. The summed E-state index contributed by atoms with van der Waals surface area (Å²) in [6.45, 7) is 4.96. The lowest BCUT2D eigenvalue weighted by molar-refractivity contribution is -0.132. The van der Waals surface area contributed by atoms with Gasteiger partial charge in [0.2, 0.25) is 11.8 Å². The van der Waals surface area contributed by atoms with Crippen LogP contribution in [0.1, 0.15) is 45.1 Å². The van der Waals surface area contributed by atoms with E-state index in [2.05, 4.69) is 10.6 Å². The first kappa shape index (κ1) is 26.1. The molecule has 0 saturated carbocycles. The maximum Gasteiger partial charge on any atom is 0.258 e. The first-order valence-electron chi connectivity index (χ1n) is 12.6. The van der Waals surface area contributed by atoms with Crippen molar-refractivity contribution in [1.82, 2.24) is 4.90 Å². The normalized spacial score (nSPS) is 16.0. The molecule has 0 atom stereocenters. The number of hydrogen-bond donors (Lipinski definition) is 2. The summed E-state index contributed by atoms with van der Waals surface area (Å²) in [4.78, 5) is 41.4. The van der Waals surface area contributed by atoms with E-state index in [4.69, 9.17) is 9.47 Å². The molecule has 1 fully saturated rings. The molecule has 196 valence electrons. The molecule has 9 nitrogen and oxygen atoms in total. The highest BCUT2D eigenvalue weighted by Crippen LogP contribution is 2.42. The molecular weight excluding hydrogens is 472 g/mol. The van der Waals surface area contributed by atoms with E-state index >= 15 is 0 Å². The molecule has 2 aliphatic rings. The maximum atomic E-state index is 12.9. The number of likely N-dealkylation sites (tertiary alicyclic amines) is 1. The zero-order chi connectivity index (χ0) is 26.5. The Kier molecular flexibility index (Phi) is 8.01. The molecule has 4 rings (SSSR count). The fourth-order valence-corrected chi connectivity index (χ4v) is 4.79. The molecule has 1 saturated heterocycles. The van der Waals surface area contributed by atoms with Gasteiger partial charge < -0.3 is 29.9 Å². The molecule has 0 radical (unpaired) electrons. The van der Waals surface area contributed by atoms with Crippen LogP contribution in [0.4, 0.5) is 17.1 Å². The summed E-state index contributed by atoms with van der Waals surface area (Å²) < 4.78 is 10.8. The number of benzene rings is 2. The molecular formula is C28H34N4O5. The van der Waals surface area contributed by atoms with Crippen LogP contribution in [-0.4, -0.2) is 56.5 Å². The largest absolute Gasteiger partial charge is 0.493 e. The lowest BCUT2D eigenvalue weighted by atomic mass is 10.0. The molecule has 2 aromatic rings. The van der Waals surface area contributed by atoms with Gasteiger partial charge >= 0.3 is 0 Å². The van der Waals surface area contributed by atoms with Gasteiger partial charge in [-0.25, -0.2) is 0 Å². The van der Waals surface area contributed by atoms with Crippen LogP contribution in [0.15, 0.2) is 42.1 Å². The number of anilines is 3. The highest BCUT2D eigenvalue weighted by Gasteiger charge is 2.29. The van der Waals surface area contributed by atoms with Crippen molar-refractivity contribution < 1.29 is 23.9 Å². The zero-order valence-corrected chi connectivity index (χ0v) is 21.8. The van der Waals surface area contributed by atoms with E-state index in [1.807, 2.05) is 36.1 Å². The van der Waals surface area contributed by atoms with Crippen molar-refractivity contribution in [3.63, 3.8) is 0 Å². The van der Waals surface area contributed by atoms with E-state index in [1.165, 1.54) is 11.8 Å². The summed E-state index contributed by atoms with van der Waals surface area (Å²) in [6.07, 6.45) is 3.73. The van der Waals surface area contributed by atoms with Crippen molar-refractivity contribution in [2.45, 2.75) is 39.5 Å². The van der Waals surface area contributed by atoms with Crippen LogP contribution < -0.4 is 25.0 Å². The zero-order valence-electron chi connectivity index (χ0n) is 21.8. The fraction of sp³-hybridized carbons (Fsp3) is 0.393. The van der Waals surface area contributed by atoms with Crippen LogP contribution in [0.5, 0.6) is 11.5 Å². The molecule has 2 N–H and O–H groups in total. The van der Waals surface area contributed by atoms with E-state index in [9.17, 15) is 14.4 Å². The van der Waals surface area contributed by atoms with Crippen LogP contribution in [0.3, 0.4) is 0 Å². The van der Waals surface area contributed by atoms with Gasteiger partial charge in [0.1, 0.15) is 6.54 Å². The second-order valence-electron chi connectivity index (χ2n) is 9.13. The first-order valence-corrected chi connectivity index (χ1v) is 12.6. The van der Waals surface area contributed by atoms with Crippen LogP contribution in [0.2, 0.25) is 0 Å². The summed E-state index contributed by atoms with van der Waals surface area (Å²) in [5, 5.41) is 6.27. The Hall–Kier alpha value is -4.01. The van der Waals surface area contributed by atoms with Gasteiger partial charge in [0.15, 0.2) is 11.5 Å². The molecule has 2 heterocycles. The summed E-state index contributed by atoms with van der Waals surface area (Å²) in [5.41, 5.74) is 4.11. The molecule has 2 aliphatic heterocycles. The van der Waals surface area contributed by atoms with E-state index in [1.54, 1.807) is 26.4 Å². The first-order chi connectivity index (χ1) is 17.9. The van der Waals surface area contributed by atoms with Crippen LogP contribution in [-0.2, 0) is 14.4 Å². The monoisotopic (exact) mass is 506 g/mol. The fourth-order valence-electron chi connectivity index (χ4n) is 4.79. The Morgan fingerprint density at radius 3 is 2.27 bits per heavy atom. The summed E-state index contributed by atoms with van der Waals surface area (Å²) in [5.74, 6) is 0.654. The van der Waals surface area contributed by atoms with Gasteiger partial charge in [0, 0.05) is 48.7 Å². The predicted molar refractivity (Wildman–Crippen MR) is 144 cm³/mol. The van der Waals surface area contributed by atoms with Gasteiger partial charge in [0.05, 0.1) is 25.5 Å². The number of ether oxygens (including phenoxy) is 2. The quantitative estimate of drug-likeness (QED) is 0.519. The van der Waals surface area contributed by atoms with E-state index < -0.39 is 0 Å². The SMILES string of the molecule is CCC(Nc1ccc(N(CC(=O)N2CCCCC2)C(C)=O)cc1)=C1C(=O)Nc2cc(OC)c(OC)cc21. The number of carbonyl (C=O) groups is 3. The minimum Gasteiger partial charge on any atom is -0.493 e. The van der Waals surface area contributed by atoms with Gasteiger partial charge in [0.25, 0.3) is 5.91 Å². The third-order valence-electron chi connectivity index (χ3n) is 6.78. The van der Waals surface area contributed by atoms with Gasteiger partial charge in [-0.05, 0) is 56.0 Å². The molecule has 9 heteroatoms. The van der Waals surface area contributed by atoms with E-state index in [0.717, 1.165) is 49.3 Å². The number of carbonyl (C=O) groups excluding carboxylic acids is 3. The Morgan fingerprint density at radius 1 is 1.03 bits per heavy atom.